The summed E-state index contributed by atoms with van der Waals surface area (Å²) >= 11 is 0. The summed E-state index contributed by atoms with van der Waals surface area (Å²) in [4.78, 5) is 25.4. The Balaban J connectivity index is 1.80. The van der Waals surface area contributed by atoms with Gasteiger partial charge in [0.15, 0.2) is 23.9 Å². The van der Waals surface area contributed by atoms with Crippen LogP contribution in [0.3, 0.4) is 0 Å². The number of rotatable bonds is 8. The summed E-state index contributed by atoms with van der Waals surface area (Å²) in [6.45, 7) is 5.01. The first-order valence-corrected chi connectivity index (χ1v) is 9.44. The largest absolute Gasteiger partial charge is 0.493 e. The number of methoxy groups -OCH3 is 3. The van der Waals surface area contributed by atoms with Gasteiger partial charge in [-0.3, -0.25) is 9.36 Å². The fourth-order valence-corrected chi connectivity index (χ4v) is 3.40. The van der Waals surface area contributed by atoms with Crippen LogP contribution in [-0.2, 0) is 4.74 Å². The number of nitrogens with zero attached hydrogens (tertiary/aromatic N) is 2. The van der Waals surface area contributed by atoms with Gasteiger partial charge in [-0.15, -0.1) is 0 Å². The van der Waals surface area contributed by atoms with Crippen LogP contribution >= 0.6 is 0 Å². The fraction of sp³-hybridized carbons (Fsp3) is 0.318. The van der Waals surface area contributed by atoms with Gasteiger partial charge >= 0.3 is 5.97 Å². The molecule has 0 fully saturated rings. The predicted molar refractivity (Wildman–Crippen MR) is 111 cm³/mol. The fourth-order valence-electron chi connectivity index (χ4n) is 3.40. The topological polar surface area (TPSA) is 102 Å². The number of hydrogen-bond donors (Lipinski definition) is 0. The predicted octanol–water partition coefficient (Wildman–Crippen LogP) is 3.46. The second-order valence-electron chi connectivity index (χ2n) is 6.80. The average Bonchev–Trinajstić information content (AvgIpc) is 3.31. The van der Waals surface area contributed by atoms with E-state index in [2.05, 4.69) is 5.16 Å². The minimum atomic E-state index is -0.716. The van der Waals surface area contributed by atoms with E-state index < -0.39 is 12.6 Å². The number of aromatic nitrogens is 2. The lowest BCUT2D eigenvalue weighted by molar-refractivity contribution is 0.0470. The van der Waals surface area contributed by atoms with Crippen LogP contribution in [0.25, 0.3) is 5.82 Å². The SMILES string of the molecule is COc1ccc(C(=O)OCC(=O)c2cc(C)n(-c3cc(C)on3)c2C)c(OC)c1OC. The molecule has 0 atom stereocenters. The molecular weight excluding hydrogens is 404 g/mol. The Hall–Kier alpha value is -3.75. The highest BCUT2D eigenvalue weighted by Gasteiger charge is 2.24. The van der Waals surface area contributed by atoms with Gasteiger partial charge in [-0.05, 0) is 39.0 Å². The van der Waals surface area contributed by atoms with Crippen LogP contribution in [0.1, 0.15) is 37.9 Å². The maximum atomic E-state index is 12.8. The van der Waals surface area contributed by atoms with Crippen molar-refractivity contribution in [1.29, 1.82) is 0 Å². The molecule has 31 heavy (non-hydrogen) atoms. The molecule has 0 amide bonds. The number of Topliss-reactive ketones (excluding diaryl/α,β-unsaturated/α-hetero) is 1. The van der Waals surface area contributed by atoms with Crippen LogP contribution in [0.2, 0.25) is 0 Å². The van der Waals surface area contributed by atoms with Crippen molar-refractivity contribution in [3.8, 4) is 23.1 Å². The van der Waals surface area contributed by atoms with Crippen molar-refractivity contribution in [3.05, 3.63) is 52.5 Å². The molecule has 0 spiro atoms. The van der Waals surface area contributed by atoms with Gasteiger partial charge in [-0.2, -0.15) is 0 Å². The molecule has 3 rings (SSSR count). The summed E-state index contributed by atoms with van der Waals surface area (Å²) in [7, 11) is 4.32. The van der Waals surface area contributed by atoms with E-state index in [1.54, 1.807) is 32.0 Å². The molecule has 0 saturated carbocycles. The lowest BCUT2D eigenvalue weighted by Gasteiger charge is -2.15. The van der Waals surface area contributed by atoms with Gasteiger partial charge in [0.05, 0.1) is 21.3 Å². The van der Waals surface area contributed by atoms with E-state index in [0.29, 0.717) is 28.6 Å². The van der Waals surface area contributed by atoms with E-state index in [0.717, 1.165) is 5.69 Å². The minimum Gasteiger partial charge on any atom is -0.493 e. The van der Waals surface area contributed by atoms with E-state index >= 15 is 0 Å². The van der Waals surface area contributed by atoms with Crippen LogP contribution < -0.4 is 14.2 Å². The van der Waals surface area contributed by atoms with Crippen LogP contribution in [-0.4, -0.2) is 49.4 Å². The highest BCUT2D eigenvalue weighted by Crippen LogP contribution is 2.40. The standard InChI is InChI=1S/C22H24N2O7/c1-12-9-16(14(3)24(12)19-10-13(2)31-23-19)17(25)11-30-22(26)15-7-8-18(27-4)21(29-6)20(15)28-5/h7-10H,11H2,1-6H3. The normalized spacial score (nSPS) is 10.6. The highest BCUT2D eigenvalue weighted by molar-refractivity contribution is 6.01. The van der Waals surface area contributed by atoms with Crippen molar-refractivity contribution in [2.75, 3.05) is 27.9 Å². The molecule has 0 aliphatic carbocycles. The van der Waals surface area contributed by atoms with Crippen LogP contribution in [0.5, 0.6) is 17.2 Å². The summed E-state index contributed by atoms with van der Waals surface area (Å²) in [5.74, 6) is 1.02. The van der Waals surface area contributed by atoms with Gasteiger partial charge in [0.25, 0.3) is 0 Å². The summed E-state index contributed by atoms with van der Waals surface area (Å²) in [5, 5.41) is 4.00. The van der Waals surface area contributed by atoms with Gasteiger partial charge in [-0.1, -0.05) is 5.16 Å². The summed E-state index contributed by atoms with van der Waals surface area (Å²) < 4.78 is 28.0. The second kappa shape index (κ2) is 8.95. The molecule has 9 nitrogen and oxygen atoms in total. The minimum absolute atomic E-state index is 0.122. The van der Waals surface area contributed by atoms with Crippen molar-refractivity contribution in [2.24, 2.45) is 0 Å². The molecule has 0 aliphatic rings. The number of ether oxygens (including phenoxy) is 4. The smallest absolute Gasteiger partial charge is 0.342 e. The molecular formula is C22H24N2O7. The van der Waals surface area contributed by atoms with E-state index in [1.807, 2.05) is 11.5 Å². The van der Waals surface area contributed by atoms with Crippen LogP contribution in [0.15, 0.2) is 28.8 Å². The first kappa shape index (κ1) is 21.9. The number of benzene rings is 1. The Bertz CT molecular complexity index is 1130. The monoisotopic (exact) mass is 428 g/mol. The molecule has 2 heterocycles. The molecule has 1 aromatic carbocycles. The zero-order valence-electron chi connectivity index (χ0n) is 18.3. The molecule has 0 radical (unpaired) electrons. The van der Waals surface area contributed by atoms with E-state index in [9.17, 15) is 9.59 Å². The molecule has 3 aromatic rings. The van der Waals surface area contributed by atoms with Gasteiger partial charge in [-0.25, -0.2) is 4.79 Å². The zero-order chi connectivity index (χ0) is 22.7. The molecule has 0 aliphatic heterocycles. The van der Waals surface area contributed by atoms with Crippen molar-refractivity contribution < 1.29 is 33.1 Å². The number of carbonyl (C=O) groups excluding carboxylic acids is 2. The summed E-state index contributed by atoms with van der Waals surface area (Å²) in [6, 6.07) is 6.56. The van der Waals surface area contributed by atoms with Gasteiger partial charge in [0.1, 0.15) is 11.3 Å². The zero-order valence-corrected chi connectivity index (χ0v) is 18.3. The third-order valence-corrected chi connectivity index (χ3v) is 4.83. The number of hydrogen-bond acceptors (Lipinski definition) is 8. The number of carbonyl (C=O) groups is 2. The van der Waals surface area contributed by atoms with Crippen molar-refractivity contribution >= 4 is 11.8 Å². The number of ketones is 1. The van der Waals surface area contributed by atoms with Gasteiger partial charge in [0.2, 0.25) is 11.5 Å². The molecule has 2 aromatic heterocycles. The summed E-state index contributed by atoms with van der Waals surface area (Å²) in [5.41, 5.74) is 2.04. The van der Waals surface area contributed by atoms with Crippen molar-refractivity contribution in [2.45, 2.75) is 20.8 Å². The molecule has 9 heteroatoms. The number of aryl methyl sites for hydroxylation is 2. The second-order valence-corrected chi connectivity index (χ2v) is 6.80. The van der Waals surface area contributed by atoms with Crippen LogP contribution in [0.4, 0.5) is 0 Å². The third kappa shape index (κ3) is 4.11. The Morgan fingerprint density at radius 1 is 0.968 bits per heavy atom. The third-order valence-electron chi connectivity index (χ3n) is 4.83. The van der Waals surface area contributed by atoms with Gasteiger partial charge < -0.3 is 23.5 Å². The average molecular weight is 428 g/mol. The van der Waals surface area contributed by atoms with Gasteiger partial charge in [0, 0.05) is 23.0 Å². The van der Waals surface area contributed by atoms with E-state index in [-0.39, 0.29) is 22.8 Å². The molecule has 0 unspecified atom stereocenters. The molecule has 0 bridgehead atoms. The first-order valence-electron chi connectivity index (χ1n) is 9.44. The summed E-state index contributed by atoms with van der Waals surface area (Å²) in [6.07, 6.45) is 0. The molecule has 0 saturated heterocycles. The Kier molecular flexibility index (Phi) is 6.33. The van der Waals surface area contributed by atoms with Crippen molar-refractivity contribution in [3.63, 3.8) is 0 Å². The van der Waals surface area contributed by atoms with Crippen molar-refractivity contribution in [1.82, 2.24) is 9.72 Å². The quantitative estimate of drug-likeness (QED) is 0.397. The van der Waals surface area contributed by atoms with Crippen LogP contribution in [0, 0.1) is 20.8 Å². The Labute approximate surface area is 179 Å². The van der Waals surface area contributed by atoms with E-state index in [4.69, 9.17) is 23.5 Å². The number of esters is 1. The lowest BCUT2D eigenvalue weighted by atomic mass is 10.1. The Morgan fingerprint density at radius 2 is 1.68 bits per heavy atom. The molecule has 0 N–H and O–H groups in total. The highest BCUT2D eigenvalue weighted by atomic mass is 16.5. The Morgan fingerprint density at radius 3 is 2.26 bits per heavy atom. The lowest BCUT2D eigenvalue weighted by Crippen LogP contribution is -2.16. The first-order chi connectivity index (χ1) is 14.8. The molecule has 164 valence electrons. The van der Waals surface area contributed by atoms with E-state index in [1.165, 1.54) is 27.4 Å². The maximum absolute atomic E-state index is 12.8. The maximum Gasteiger partial charge on any atom is 0.342 e.